The number of benzene rings is 2. The molecule has 1 aliphatic carbocycles. The average Bonchev–Trinajstić information content (AvgIpc) is 2.90. The van der Waals surface area contributed by atoms with Crippen molar-refractivity contribution in [3.8, 4) is 0 Å². The molecular weight excluding hydrogens is 306 g/mol. The Hall–Kier alpha value is -1.91. The Morgan fingerprint density at radius 2 is 1.78 bits per heavy atom. The second-order valence-electron chi connectivity index (χ2n) is 6.13. The fourth-order valence-electron chi connectivity index (χ4n) is 2.97. The lowest BCUT2D eigenvalue weighted by Crippen LogP contribution is -2.32. The number of rotatable bonds is 5. The van der Waals surface area contributed by atoms with E-state index in [9.17, 15) is 8.42 Å². The topological polar surface area (TPSA) is 46.2 Å². The molecular formula is C19H21NO2S. The highest BCUT2D eigenvalue weighted by atomic mass is 32.2. The number of sulfonamides is 1. The number of nitrogens with one attached hydrogen (secondary N) is 1. The van der Waals surface area contributed by atoms with Gasteiger partial charge < -0.3 is 0 Å². The summed E-state index contributed by atoms with van der Waals surface area (Å²) in [4.78, 5) is 0.316. The van der Waals surface area contributed by atoms with E-state index >= 15 is 0 Å². The minimum Gasteiger partial charge on any atom is -0.208 e. The minimum atomic E-state index is -3.47. The van der Waals surface area contributed by atoms with Crippen LogP contribution in [0.1, 0.15) is 30.0 Å². The standard InChI is InChI=1S/C19H21NO2S/c1-14-7-11-18(12-8-14)23(21,22)20-15(2)13-17-10-9-16-5-3-4-6-19(16)17/h3-8,10-12,15,20H,9,13H2,1-2H3/t15-/m1/s1. The fourth-order valence-corrected chi connectivity index (χ4v) is 4.21. The molecule has 120 valence electrons. The van der Waals surface area contributed by atoms with Crippen LogP contribution < -0.4 is 4.72 Å². The average molecular weight is 327 g/mol. The van der Waals surface area contributed by atoms with E-state index in [2.05, 4.69) is 22.9 Å². The smallest absolute Gasteiger partial charge is 0.208 e. The molecule has 0 heterocycles. The predicted octanol–water partition coefficient (Wildman–Crippen LogP) is 3.69. The molecule has 0 aliphatic heterocycles. The molecule has 1 atom stereocenters. The molecule has 3 rings (SSSR count). The molecule has 4 heteroatoms. The first-order valence-electron chi connectivity index (χ1n) is 7.82. The number of allylic oxidation sites excluding steroid dienone is 1. The van der Waals surface area contributed by atoms with Gasteiger partial charge in [-0.3, -0.25) is 0 Å². The predicted molar refractivity (Wildman–Crippen MR) is 93.7 cm³/mol. The minimum absolute atomic E-state index is 0.154. The molecule has 0 bridgehead atoms. The van der Waals surface area contributed by atoms with Crippen molar-refractivity contribution in [3.63, 3.8) is 0 Å². The van der Waals surface area contributed by atoms with E-state index in [-0.39, 0.29) is 6.04 Å². The summed E-state index contributed by atoms with van der Waals surface area (Å²) >= 11 is 0. The summed E-state index contributed by atoms with van der Waals surface area (Å²) in [6, 6.07) is 15.1. The molecule has 2 aromatic rings. The van der Waals surface area contributed by atoms with E-state index in [1.807, 2.05) is 38.1 Å². The van der Waals surface area contributed by atoms with Gasteiger partial charge in [0.15, 0.2) is 0 Å². The van der Waals surface area contributed by atoms with E-state index in [1.54, 1.807) is 12.1 Å². The monoisotopic (exact) mass is 327 g/mol. The summed E-state index contributed by atoms with van der Waals surface area (Å²) in [7, 11) is -3.47. The van der Waals surface area contributed by atoms with Crippen LogP contribution in [0.15, 0.2) is 59.5 Å². The van der Waals surface area contributed by atoms with Crippen LogP contribution in [0, 0.1) is 6.92 Å². The van der Waals surface area contributed by atoms with Gasteiger partial charge in [-0.1, -0.05) is 48.0 Å². The van der Waals surface area contributed by atoms with E-state index < -0.39 is 10.0 Å². The third-order valence-electron chi connectivity index (χ3n) is 4.15. The summed E-state index contributed by atoms with van der Waals surface area (Å²) < 4.78 is 27.7. The van der Waals surface area contributed by atoms with Crippen molar-refractivity contribution in [2.24, 2.45) is 0 Å². The molecule has 0 saturated heterocycles. The highest BCUT2D eigenvalue weighted by molar-refractivity contribution is 7.89. The molecule has 0 amide bonds. The Balaban J connectivity index is 1.70. The maximum absolute atomic E-state index is 12.4. The lowest BCUT2D eigenvalue weighted by molar-refractivity contribution is 0.563. The fraction of sp³-hybridized carbons (Fsp3) is 0.263. The first-order chi connectivity index (χ1) is 11.0. The third-order valence-corrected chi connectivity index (χ3v) is 5.75. The Labute approximate surface area is 138 Å². The van der Waals surface area contributed by atoms with Crippen LogP contribution in [0.5, 0.6) is 0 Å². The Morgan fingerprint density at radius 3 is 2.52 bits per heavy atom. The normalized spacial score (nSPS) is 15.1. The SMILES string of the molecule is Cc1ccc(S(=O)(=O)N[C@H](C)CC2=CCc3ccccc32)cc1. The van der Waals surface area contributed by atoms with Gasteiger partial charge in [0.05, 0.1) is 4.90 Å². The number of hydrogen-bond acceptors (Lipinski definition) is 2. The maximum Gasteiger partial charge on any atom is 0.240 e. The first-order valence-corrected chi connectivity index (χ1v) is 9.30. The Bertz CT molecular complexity index is 836. The molecule has 0 aromatic heterocycles. The van der Waals surface area contributed by atoms with Crippen molar-refractivity contribution in [3.05, 3.63) is 71.3 Å². The molecule has 0 fully saturated rings. The van der Waals surface area contributed by atoms with E-state index in [1.165, 1.54) is 16.7 Å². The van der Waals surface area contributed by atoms with Crippen molar-refractivity contribution in [2.75, 3.05) is 0 Å². The highest BCUT2D eigenvalue weighted by Crippen LogP contribution is 2.30. The zero-order chi connectivity index (χ0) is 16.4. The summed E-state index contributed by atoms with van der Waals surface area (Å²) in [5.41, 5.74) is 4.83. The molecule has 0 unspecified atom stereocenters. The summed E-state index contributed by atoms with van der Waals surface area (Å²) in [5.74, 6) is 0. The van der Waals surface area contributed by atoms with Crippen molar-refractivity contribution in [2.45, 2.75) is 37.6 Å². The van der Waals surface area contributed by atoms with Crippen LogP contribution >= 0.6 is 0 Å². The molecule has 23 heavy (non-hydrogen) atoms. The van der Waals surface area contributed by atoms with E-state index in [0.717, 1.165) is 12.0 Å². The van der Waals surface area contributed by atoms with Crippen molar-refractivity contribution >= 4 is 15.6 Å². The van der Waals surface area contributed by atoms with Crippen LogP contribution in [0.25, 0.3) is 5.57 Å². The molecule has 1 N–H and O–H groups in total. The Morgan fingerprint density at radius 1 is 1.09 bits per heavy atom. The van der Waals surface area contributed by atoms with Crippen LogP contribution in [0.4, 0.5) is 0 Å². The van der Waals surface area contributed by atoms with E-state index in [0.29, 0.717) is 11.3 Å². The van der Waals surface area contributed by atoms with E-state index in [4.69, 9.17) is 0 Å². The summed E-state index contributed by atoms with van der Waals surface area (Å²) in [5, 5.41) is 0. The third kappa shape index (κ3) is 3.54. The van der Waals surface area contributed by atoms with Crippen LogP contribution in [-0.4, -0.2) is 14.5 Å². The van der Waals surface area contributed by atoms with Crippen LogP contribution in [-0.2, 0) is 16.4 Å². The van der Waals surface area contributed by atoms with Gasteiger partial charge in [-0.15, -0.1) is 0 Å². The van der Waals surface area contributed by atoms with Gasteiger partial charge in [0.25, 0.3) is 0 Å². The van der Waals surface area contributed by atoms with Crippen LogP contribution in [0.3, 0.4) is 0 Å². The second kappa shape index (κ2) is 6.30. The van der Waals surface area contributed by atoms with Gasteiger partial charge in [-0.25, -0.2) is 13.1 Å². The van der Waals surface area contributed by atoms with Gasteiger partial charge in [0.2, 0.25) is 10.0 Å². The Kier molecular flexibility index (Phi) is 4.37. The zero-order valence-corrected chi connectivity index (χ0v) is 14.2. The molecule has 0 radical (unpaired) electrons. The van der Waals surface area contributed by atoms with Crippen LogP contribution in [0.2, 0.25) is 0 Å². The molecule has 0 saturated carbocycles. The second-order valence-corrected chi connectivity index (χ2v) is 7.84. The summed E-state index contributed by atoms with van der Waals surface area (Å²) in [6.07, 6.45) is 3.83. The van der Waals surface area contributed by atoms with Gasteiger partial charge >= 0.3 is 0 Å². The number of hydrogen-bond donors (Lipinski definition) is 1. The maximum atomic E-state index is 12.4. The van der Waals surface area contributed by atoms with Gasteiger partial charge in [-0.05, 0) is 55.5 Å². The zero-order valence-electron chi connectivity index (χ0n) is 13.4. The van der Waals surface area contributed by atoms with Crippen molar-refractivity contribution < 1.29 is 8.42 Å². The molecule has 0 spiro atoms. The molecule has 3 nitrogen and oxygen atoms in total. The highest BCUT2D eigenvalue weighted by Gasteiger charge is 2.20. The lowest BCUT2D eigenvalue weighted by atomic mass is 10.0. The summed E-state index contributed by atoms with van der Waals surface area (Å²) in [6.45, 7) is 3.85. The lowest BCUT2D eigenvalue weighted by Gasteiger charge is -2.16. The molecule has 1 aliphatic rings. The first kappa shape index (κ1) is 16.0. The van der Waals surface area contributed by atoms with Crippen molar-refractivity contribution in [1.29, 1.82) is 0 Å². The van der Waals surface area contributed by atoms with Gasteiger partial charge in [0.1, 0.15) is 0 Å². The quantitative estimate of drug-likeness (QED) is 0.910. The van der Waals surface area contributed by atoms with Gasteiger partial charge in [0, 0.05) is 6.04 Å². The number of aryl methyl sites for hydroxylation is 1. The molecule has 2 aromatic carbocycles. The van der Waals surface area contributed by atoms with Crippen molar-refractivity contribution in [1.82, 2.24) is 4.72 Å². The van der Waals surface area contributed by atoms with Gasteiger partial charge in [-0.2, -0.15) is 0 Å². The largest absolute Gasteiger partial charge is 0.240 e. The number of fused-ring (bicyclic) bond motifs is 1.